The minimum Gasteiger partial charge on any atom is -0.507 e. The molecule has 2 atom stereocenters. The molecule has 0 bridgehead atoms. The average molecular weight is 548 g/mol. The van der Waals surface area contributed by atoms with Gasteiger partial charge in [-0.05, 0) is 37.6 Å². The summed E-state index contributed by atoms with van der Waals surface area (Å²) in [5, 5.41) is 33.8. The van der Waals surface area contributed by atoms with Crippen LogP contribution in [0.5, 0.6) is 17.2 Å². The molecule has 2 aromatic heterocycles. The van der Waals surface area contributed by atoms with Crippen LogP contribution in [0.3, 0.4) is 0 Å². The summed E-state index contributed by atoms with van der Waals surface area (Å²) in [4.78, 5) is 42.0. The van der Waals surface area contributed by atoms with Crippen LogP contribution in [0.2, 0.25) is 0 Å². The first kappa shape index (κ1) is 26.9. The van der Waals surface area contributed by atoms with Gasteiger partial charge in [-0.1, -0.05) is 6.07 Å². The van der Waals surface area contributed by atoms with Crippen LogP contribution in [-0.4, -0.2) is 48.3 Å². The molecule has 11 heteroatoms. The van der Waals surface area contributed by atoms with Crippen molar-refractivity contribution in [3.8, 4) is 17.2 Å². The molecule has 0 aliphatic carbocycles. The number of aromatic nitrogens is 3. The Balaban J connectivity index is 1.78. The number of benzene rings is 2. The maximum Gasteiger partial charge on any atom is 0.328 e. The fourth-order valence-corrected chi connectivity index (χ4v) is 5.44. The number of nitrogens with zero attached hydrogens (tertiary/aromatic N) is 3. The number of carbonyl (C=O) groups is 2. The highest BCUT2D eigenvalue weighted by Crippen LogP contribution is 2.50. The molecule has 1 aliphatic rings. The second-order valence-corrected chi connectivity index (χ2v) is 9.98. The van der Waals surface area contributed by atoms with Crippen molar-refractivity contribution < 1.29 is 34.4 Å². The third-order valence-corrected chi connectivity index (χ3v) is 7.67. The Labute approximate surface area is 228 Å². The maximum absolute atomic E-state index is 12.7. The number of carbonyl (C=O) groups excluding carboxylic acids is 2. The van der Waals surface area contributed by atoms with E-state index in [1.165, 1.54) is 29.2 Å². The molecule has 40 heavy (non-hydrogen) atoms. The number of fused-ring (bicyclic) bond motifs is 2. The van der Waals surface area contributed by atoms with E-state index in [2.05, 4.69) is 4.98 Å². The number of hydrogen-bond donors (Lipinski definition) is 3. The Kier molecular flexibility index (Phi) is 6.62. The summed E-state index contributed by atoms with van der Waals surface area (Å²) in [6.45, 7) is 3.01. The summed E-state index contributed by atoms with van der Waals surface area (Å²) in [5.74, 6) is -3.06. The van der Waals surface area contributed by atoms with E-state index in [4.69, 9.17) is 9.47 Å². The summed E-state index contributed by atoms with van der Waals surface area (Å²) < 4.78 is 13.8. The van der Waals surface area contributed by atoms with Gasteiger partial charge in [0.15, 0.2) is 5.78 Å². The molecule has 1 aliphatic heterocycles. The number of hydrogen-bond acceptors (Lipinski definition) is 9. The van der Waals surface area contributed by atoms with Crippen LogP contribution in [0, 0.1) is 6.92 Å². The van der Waals surface area contributed by atoms with Crippen molar-refractivity contribution in [1.29, 1.82) is 0 Å². The predicted octanol–water partition coefficient (Wildman–Crippen LogP) is 3.21. The molecule has 11 nitrogen and oxygen atoms in total. The zero-order valence-electron chi connectivity index (χ0n) is 22.7. The maximum atomic E-state index is 12.7. The zero-order valence-corrected chi connectivity index (χ0v) is 22.7. The highest BCUT2D eigenvalue weighted by atomic mass is 16.5. The van der Waals surface area contributed by atoms with Gasteiger partial charge in [0.2, 0.25) is 0 Å². The monoisotopic (exact) mass is 547 g/mol. The predicted molar refractivity (Wildman–Crippen MR) is 144 cm³/mol. The van der Waals surface area contributed by atoms with Gasteiger partial charge < -0.3 is 24.8 Å². The highest BCUT2D eigenvalue weighted by molar-refractivity contribution is 5.98. The van der Waals surface area contributed by atoms with Crippen molar-refractivity contribution in [2.45, 2.75) is 38.9 Å². The zero-order chi connectivity index (χ0) is 29.0. The Morgan fingerprint density at radius 1 is 1.10 bits per heavy atom. The summed E-state index contributed by atoms with van der Waals surface area (Å²) >= 11 is 0. The lowest BCUT2D eigenvalue weighted by atomic mass is 9.83. The fourth-order valence-electron chi connectivity index (χ4n) is 5.44. The molecule has 0 amide bonds. The van der Waals surface area contributed by atoms with Crippen LogP contribution in [0.1, 0.15) is 69.2 Å². The van der Waals surface area contributed by atoms with Gasteiger partial charge in [-0.2, -0.15) is 0 Å². The standard InChI is InChI=1S/C29H29N3O8/c1-13-25(35)23-16(11-30-13)12-40-28(23)19-9-17(14(2)33)26(36)24(27(19)37)18(10-22(34)39-5)15-6-7-20-21(8-15)32(4)29(38)31(20)3/h6-9,11,18,28,35-37H,10,12H2,1-5H3/t18-,28-/m0/s1. The van der Waals surface area contributed by atoms with E-state index in [0.29, 0.717) is 33.4 Å². The summed E-state index contributed by atoms with van der Waals surface area (Å²) in [6, 6.07) is 6.44. The molecule has 0 unspecified atom stereocenters. The molecular formula is C29H29N3O8. The minimum atomic E-state index is -0.973. The van der Waals surface area contributed by atoms with E-state index in [1.54, 1.807) is 45.4 Å². The van der Waals surface area contributed by atoms with Crippen molar-refractivity contribution in [3.63, 3.8) is 0 Å². The summed E-state index contributed by atoms with van der Waals surface area (Å²) in [5.41, 5.74) is 2.83. The van der Waals surface area contributed by atoms with Gasteiger partial charge in [0, 0.05) is 48.5 Å². The smallest absolute Gasteiger partial charge is 0.328 e. The summed E-state index contributed by atoms with van der Waals surface area (Å²) in [7, 11) is 4.48. The molecule has 3 N–H and O–H groups in total. The number of ether oxygens (including phenoxy) is 2. The number of rotatable bonds is 6. The van der Waals surface area contributed by atoms with Gasteiger partial charge in [-0.15, -0.1) is 0 Å². The van der Waals surface area contributed by atoms with Crippen molar-refractivity contribution in [3.05, 3.63) is 80.0 Å². The Morgan fingerprint density at radius 2 is 1.80 bits per heavy atom. The van der Waals surface area contributed by atoms with Gasteiger partial charge in [0.1, 0.15) is 23.4 Å². The van der Waals surface area contributed by atoms with Crippen LogP contribution in [0.15, 0.2) is 35.3 Å². The largest absolute Gasteiger partial charge is 0.507 e. The van der Waals surface area contributed by atoms with Gasteiger partial charge in [0.05, 0.1) is 42.4 Å². The molecule has 4 aromatic rings. The van der Waals surface area contributed by atoms with Gasteiger partial charge in [-0.25, -0.2) is 4.79 Å². The molecule has 2 aromatic carbocycles. The number of ketones is 1. The topological polar surface area (TPSA) is 153 Å². The number of imidazole rings is 1. The summed E-state index contributed by atoms with van der Waals surface area (Å²) in [6.07, 6.45) is 0.320. The number of phenols is 2. The third kappa shape index (κ3) is 4.10. The number of aryl methyl sites for hydroxylation is 3. The lowest BCUT2D eigenvalue weighted by Crippen LogP contribution is -2.19. The van der Waals surface area contributed by atoms with E-state index in [1.807, 2.05) is 0 Å². The van der Waals surface area contributed by atoms with Gasteiger partial charge in [-0.3, -0.25) is 23.7 Å². The highest BCUT2D eigenvalue weighted by Gasteiger charge is 2.36. The van der Waals surface area contributed by atoms with Crippen molar-refractivity contribution in [1.82, 2.24) is 14.1 Å². The number of methoxy groups -OCH3 is 1. The van der Waals surface area contributed by atoms with Crippen LogP contribution in [-0.2, 0) is 35.0 Å². The Hall–Kier alpha value is -4.64. The molecule has 5 rings (SSSR count). The SMILES string of the molecule is COC(=O)C[C@@H](c1ccc2c(c1)n(C)c(=O)n2C)c1c(O)c(C(C)=O)cc([C@@H]2OCc3cnc(C)c(O)c32)c1O. The first-order valence-electron chi connectivity index (χ1n) is 12.6. The molecular weight excluding hydrogens is 518 g/mol. The van der Waals surface area contributed by atoms with E-state index in [9.17, 15) is 29.7 Å². The van der Waals surface area contributed by atoms with Crippen LogP contribution < -0.4 is 5.69 Å². The lowest BCUT2D eigenvalue weighted by molar-refractivity contribution is -0.140. The van der Waals surface area contributed by atoms with E-state index < -0.39 is 35.3 Å². The number of pyridine rings is 1. The molecule has 0 fully saturated rings. The normalized spacial score (nSPS) is 15.3. The fraction of sp³-hybridized carbons (Fsp3) is 0.310. The van der Waals surface area contributed by atoms with Crippen molar-refractivity contribution in [2.75, 3.05) is 7.11 Å². The van der Waals surface area contributed by atoms with Gasteiger partial charge >= 0.3 is 11.7 Å². The molecule has 0 saturated carbocycles. The third-order valence-electron chi connectivity index (χ3n) is 7.67. The Morgan fingerprint density at radius 3 is 2.48 bits per heavy atom. The second-order valence-electron chi connectivity index (χ2n) is 9.98. The van der Waals surface area contributed by atoms with Crippen LogP contribution >= 0.6 is 0 Å². The number of Topliss-reactive ketones (excluding diaryl/α,β-unsaturated/α-hetero) is 1. The number of aromatic hydroxyl groups is 3. The van der Waals surface area contributed by atoms with E-state index in [0.717, 1.165) is 0 Å². The lowest BCUT2D eigenvalue weighted by Gasteiger charge is -2.24. The van der Waals surface area contributed by atoms with Crippen LogP contribution in [0.4, 0.5) is 0 Å². The minimum absolute atomic E-state index is 0.0734. The van der Waals surface area contributed by atoms with Gasteiger partial charge in [0.25, 0.3) is 0 Å². The molecule has 208 valence electrons. The molecule has 0 spiro atoms. The first-order chi connectivity index (χ1) is 19.0. The van der Waals surface area contributed by atoms with Crippen molar-refractivity contribution >= 4 is 22.8 Å². The molecule has 0 saturated heterocycles. The molecule has 3 heterocycles. The number of esters is 1. The van der Waals surface area contributed by atoms with E-state index >= 15 is 0 Å². The van der Waals surface area contributed by atoms with Crippen LogP contribution in [0.25, 0.3) is 11.0 Å². The molecule has 0 radical (unpaired) electrons. The Bertz CT molecular complexity index is 1770. The van der Waals surface area contributed by atoms with Crippen molar-refractivity contribution in [2.24, 2.45) is 14.1 Å². The number of phenolic OH excluding ortho intramolecular Hbond substituents is 2. The quantitative estimate of drug-likeness (QED) is 0.244. The van der Waals surface area contributed by atoms with E-state index in [-0.39, 0.29) is 41.2 Å². The second kappa shape index (κ2) is 9.83. The first-order valence-corrected chi connectivity index (χ1v) is 12.6. The average Bonchev–Trinajstić information content (AvgIpc) is 3.45.